The third-order valence-corrected chi connectivity index (χ3v) is 3.51. The minimum Gasteiger partial charge on any atom is -0.382 e. The summed E-state index contributed by atoms with van der Waals surface area (Å²) in [6, 6.07) is 11.2. The van der Waals surface area contributed by atoms with Gasteiger partial charge in [-0.15, -0.1) is 5.11 Å². The van der Waals surface area contributed by atoms with Crippen LogP contribution in [0.2, 0.25) is 5.02 Å². The van der Waals surface area contributed by atoms with Gasteiger partial charge in [-0.25, -0.2) is 9.25 Å². The predicted octanol–water partition coefficient (Wildman–Crippen LogP) is 3.41. The van der Waals surface area contributed by atoms with Gasteiger partial charge in [0.15, 0.2) is 12.4 Å². The first kappa shape index (κ1) is 15.2. The number of halogens is 1. The molecule has 0 saturated heterocycles. The fourth-order valence-corrected chi connectivity index (χ4v) is 2.34. The molecule has 0 amide bonds. The highest BCUT2D eigenvalue weighted by Gasteiger charge is 2.09. The van der Waals surface area contributed by atoms with Crippen LogP contribution in [0, 0.1) is 0 Å². The zero-order valence-corrected chi connectivity index (χ0v) is 13.4. The highest BCUT2D eigenvalue weighted by molar-refractivity contribution is 6.30. The van der Waals surface area contributed by atoms with Gasteiger partial charge in [0.05, 0.1) is 18.4 Å². The number of rotatable bonds is 4. The van der Waals surface area contributed by atoms with Crippen molar-refractivity contribution >= 4 is 28.8 Å². The lowest BCUT2D eigenvalue weighted by Gasteiger charge is -2.02. The van der Waals surface area contributed by atoms with E-state index in [2.05, 4.69) is 15.3 Å². The number of aryl methyl sites for hydroxylation is 1. The van der Waals surface area contributed by atoms with Crippen LogP contribution in [-0.4, -0.2) is 9.78 Å². The fraction of sp³-hybridized carbons (Fsp3) is 0.125. The summed E-state index contributed by atoms with van der Waals surface area (Å²) in [6.45, 7) is 0.577. The first-order valence-corrected chi connectivity index (χ1v) is 7.42. The molecule has 0 fully saturated rings. The second-order valence-corrected chi connectivity index (χ2v) is 5.57. The van der Waals surface area contributed by atoms with Gasteiger partial charge in [0.2, 0.25) is 0 Å². The molecule has 3 aromatic rings. The van der Waals surface area contributed by atoms with Crippen molar-refractivity contribution in [2.45, 2.75) is 6.54 Å². The smallest absolute Gasteiger partial charge is 0.173 e. The molecule has 0 bridgehead atoms. The molecule has 0 aliphatic heterocycles. The van der Waals surface area contributed by atoms with Crippen LogP contribution in [0.1, 0.15) is 5.56 Å². The molecule has 0 spiro atoms. The second kappa shape index (κ2) is 6.58. The van der Waals surface area contributed by atoms with Crippen LogP contribution >= 0.6 is 11.6 Å². The number of nitrogen functional groups attached to an aromatic ring is 1. The first-order valence-electron chi connectivity index (χ1n) is 7.04. The predicted molar refractivity (Wildman–Crippen MR) is 89.0 cm³/mol. The highest BCUT2D eigenvalue weighted by atomic mass is 35.5. The van der Waals surface area contributed by atoms with E-state index < -0.39 is 0 Å². The lowest BCUT2D eigenvalue weighted by Crippen LogP contribution is -2.27. The minimum atomic E-state index is 0.474. The van der Waals surface area contributed by atoms with E-state index in [4.69, 9.17) is 17.3 Å². The molecule has 0 radical (unpaired) electrons. The summed E-state index contributed by atoms with van der Waals surface area (Å²) in [5.74, 6) is 0.474. The molecule has 2 N–H and O–H groups in total. The molecule has 116 valence electrons. The molecule has 1 aromatic carbocycles. The van der Waals surface area contributed by atoms with Crippen LogP contribution in [0.3, 0.4) is 0 Å². The van der Waals surface area contributed by atoms with Gasteiger partial charge >= 0.3 is 0 Å². The number of hydrogen-bond acceptors (Lipinski definition) is 4. The largest absolute Gasteiger partial charge is 0.382 e. The number of anilines is 1. The molecular weight excluding hydrogens is 312 g/mol. The van der Waals surface area contributed by atoms with E-state index in [1.54, 1.807) is 23.0 Å². The van der Waals surface area contributed by atoms with E-state index in [-0.39, 0.29) is 0 Å². The summed E-state index contributed by atoms with van der Waals surface area (Å²) in [5, 5.41) is 13.2. The van der Waals surface area contributed by atoms with E-state index in [9.17, 15) is 0 Å². The molecule has 0 aliphatic rings. The van der Waals surface area contributed by atoms with Crippen molar-refractivity contribution in [2.24, 2.45) is 17.3 Å². The molecule has 2 heterocycles. The van der Waals surface area contributed by atoms with Gasteiger partial charge in [0, 0.05) is 16.7 Å². The van der Waals surface area contributed by atoms with Gasteiger partial charge in [0.1, 0.15) is 18.6 Å². The number of pyridine rings is 1. The molecule has 23 heavy (non-hydrogen) atoms. The second-order valence-electron chi connectivity index (χ2n) is 5.13. The van der Waals surface area contributed by atoms with Gasteiger partial charge in [-0.3, -0.25) is 0 Å². The first-order chi connectivity index (χ1) is 11.1. The topological polar surface area (TPSA) is 72.4 Å². The van der Waals surface area contributed by atoms with Crippen LogP contribution in [0.4, 0.5) is 17.2 Å². The normalized spacial score (nSPS) is 11.2. The summed E-state index contributed by atoms with van der Waals surface area (Å²) >= 11 is 5.92. The molecular formula is C16H16ClN6+. The third kappa shape index (κ3) is 3.73. The molecule has 0 atom stereocenters. The Morgan fingerprint density at radius 2 is 2.13 bits per heavy atom. The van der Waals surface area contributed by atoms with Crippen LogP contribution < -0.4 is 10.3 Å². The van der Waals surface area contributed by atoms with Crippen LogP contribution in [0.5, 0.6) is 0 Å². The number of aromatic nitrogens is 3. The zero-order valence-electron chi connectivity index (χ0n) is 12.6. The Morgan fingerprint density at radius 3 is 2.91 bits per heavy atom. The molecule has 0 saturated carbocycles. The Hall–Kier alpha value is -2.73. The summed E-state index contributed by atoms with van der Waals surface area (Å²) in [6.07, 6.45) is 5.60. The number of hydrogen-bond donors (Lipinski definition) is 1. The summed E-state index contributed by atoms with van der Waals surface area (Å²) in [5.41, 5.74) is 8.40. The van der Waals surface area contributed by atoms with Crippen molar-refractivity contribution in [3.05, 3.63) is 65.6 Å². The Balaban J connectivity index is 1.79. The number of benzene rings is 1. The fourth-order valence-electron chi connectivity index (χ4n) is 2.15. The van der Waals surface area contributed by atoms with E-state index in [0.29, 0.717) is 28.8 Å². The molecule has 0 unspecified atom stereocenters. The molecule has 7 heteroatoms. The zero-order chi connectivity index (χ0) is 16.2. The van der Waals surface area contributed by atoms with E-state index in [1.165, 1.54) is 0 Å². The Bertz CT molecular complexity index is 855. The van der Waals surface area contributed by atoms with E-state index >= 15 is 0 Å². The Labute approximate surface area is 138 Å². The van der Waals surface area contributed by atoms with Gasteiger partial charge in [-0.05, 0) is 24.3 Å². The summed E-state index contributed by atoms with van der Waals surface area (Å²) in [4.78, 5) is 0. The maximum atomic E-state index is 6.10. The maximum Gasteiger partial charge on any atom is 0.173 e. The molecule has 2 aromatic heterocycles. The van der Waals surface area contributed by atoms with E-state index in [0.717, 1.165) is 5.56 Å². The lowest BCUT2D eigenvalue weighted by molar-refractivity contribution is -0.671. The molecule has 0 aliphatic carbocycles. The summed E-state index contributed by atoms with van der Waals surface area (Å²) in [7, 11) is 1.97. The van der Waals surface area contributed by atoms with E-state index in [1.807, 2.05) is 48.3 Å². The van der Waals surface area contributed by atoms with Crippen LogP contribution in [0.15, 0.2) is 65.2 Å². The van der Waals surface area contributed by atoms with Gasteiger partial charge < -0.3 is 5.73 Å². The summed E-state index contributed by atoms with van der Waals surface area (Å²) < 4.78 is 3.68. The molecule has 6 nitrogen and oxygen atoms in total. The van der Waals surface area contributed by atoms with Crippen LogP contribution in [-0.2, 0) is 13.6 Å². The van der Waals surface area contributed by atoms with Crippen molar-refractivity contribution in [1.29, 1.82) is 0 Å². The van der Waals surface area contributed by atoms with Crippen molar-refractivity contribution in [3.63, 3.8) is 0 Å². The minimum absolute atomic E-state index is 0.474. The van der Waals surface area contributed by atoms with Gasteiger partial charge in [0.25, 0.3) is 0 Å². The number of nitrogens with zero attached hydrogens (tertiary/aromatic N) is 5. The third-order valence-electron chi connectivity index (χ3n) is 3.27. The molecule has 3 rings (SSSR count). The monoisotopic (exact) mass is 327 g/mol. The Kier molecular flexibility index (Phi) is 4.34. The standard InChI is InChI=1S/C16H16ClN6/c1-22-7-3-4-12(10-22)11-23-16(18)15(9-19-23)21-20-14-6-2-5-13(17)8-14/h2-10H,11,18H2,1H3/q+1. The average Bonchev–Trinajstić information content (AvgIpc) is 2.86. The van der Waals surface area contributed by atoms with Crippen molar-refractivity contribution in [3.8, 4) is 0 Å². The SMILES string of the molecule is C[n+]1cccc(Cn2ncc(N=Nc3cccc(Cl)c3)c2N)c1. The van der Waals surface area contributed by atoms with Crippen molar-refractivity contribution < 1.29 is 4.57 Å². The van der Waals surface area contributed by atoms with Crippen LogP contribution in [0.25, 0.3) is 0 Å². The average molecular weight is 328 g/mol. The quantitative estimate of drug-likeness (QED) is 0.589. The van der Waals surface area contributed by atoms with Gasteiger partial charge in [-0.2, -0.15) is 10.2 Å². The number of nitrogens with two attached hydrogens (primary N) is 1. The maximum absolute atomic E-state index is 6.10. The highest BCUT2D eigenvalue weighted by Crippen LogP contribution is 2.25. The van der Waals surface area contributed by atoms with Crippen molar-refractivity contribution in [2.75, 3.05) is 5.73 Å². The van der Waals surface area contributed by atoms with Crippen molar-refractivity contribution in [1.82, 2.24) is 9.78 Å². The lowest BCUT2D eigenvalue weighted by atomic mass is 10.3. The number of azo groups is 1. The Morgan fingerprint density at radius 1 is 1.26 bits per heavy atom. The van der Waals surface area contributed by atoms with Gasteiger partial charge in [-0.1, -0.05) is 17.7 Å².